The summed E-state index contributed by atoms with van der Waals surface area (Å²) in [6, 6.07) is 6.05. The fraction of sp³-hybridized carbons (Fsp3) is 0.562. The summed E-state index contributed by atoms with van der Waals surface area (Å²) in [4.78, 5) is 8.69. The lowest BCUT2D eigenvalue weighted by molar-refractivity contribution is 0.338. The highest BCUT2D eigenvalue weighted by Gasteiger charge is 2.16. The molecule has 2 aromatic heterocycles. The highest BCUT2D eigenvalue weighted by atomic mass is 16.5. The molecule has 1 N–H and O–H groups in total. The Bertz CT molecular complexity index is 524. The SMILES string of the molecule is CCCNC(Cc1nc(-c2ccccn2)no1)CC(C)C. The molecule has 1 atom stereocenters. The molecule has 0 radical (unpaired) electrons. The highest BCUT2D eigenvalue weighted by molar-refractivity contribution is 5.46. The largest absolute Gasteiger partial charge is 0.339 e. The van der Waals surface area contributed by atoms with E-state index in [9.17, 15) is 0 Å². The van der Waals surface area contributed by atoms with E-state index in [-0.39, 0.29) is 0 Å². The average Bonchev–Trinajstić information content (AvgIpc) is 2.93. The van der Waals surface area contributed by atoms with E-state index in [1.165, 1.54) is 0 Å². The van der Waals surface area contributed by atoms with Gasteiger partial charge in [0.15, 0.2) is 0 Å². The van der Waals surface area contributed by atoms with Crippen LogP contribution in [0.3, 0.4) is 0 Å². The van der Waals surface area contributed by atoms with Gasteiger partial charge < -0.3 is 9.84 Å². The van der Waals surface area contributed by atoms with Crippen LogP contribution in [0.15, 0.2) is 28.9 Å². The normalized spacial score (nSPS) is 12.8. The predicted octanol–water partition coefficient (Wildman–Crippen LogP) is 3.09. The lowest BCUT2D eigenvalue weighted by Gasteiger charge is -2.18. The van der Waals surface area contributed by atoms with E-state index < -0.39 is 0 Å². The standard InChI is InChI=1S/C16H24N4O/c1-4-8-17-13(10-12(2)3)11-15-19-16(20-21-15)14-7-5-6-9-18-14/h5-7,9,12-13,17H,4,8,10-11H2,1-3H3. The number of pyridine rings is 1. The van der Waals surface area contributed by atoms with Crippen LogP contribution in [0.4, 0.5) is 0 Å². The topological polar surface area (TPSA) is 63.8 Å². The molecule has 0 amide bonds. The van der Waals surface area contributed by atoms with Crippen molar-refractivity contribution in [2.75, 3.05) is 6.54 Å². The molecular weight excluding hydrogens is 264 g/mol. The van der Waals surface area contributed by atoms with Crippen LogP contribution in [0.25, 0.3) is 11.5 Å². The Labute approximate surface area is 126 Å². The molecule has 21 heavy (non-hydrogen) atoms. The third-order valence-electron chi connectivity index (χ3n) is 3.22. The van der Waals surface area contributed by atoms with Crippen LogP contribution in [0.2, 0.25) is 0 Å². The number of hydrogen-bond acceptors (Lipinski definition) is 5. The minimum Gasteiger partial charge on any atom is -0.339 e. The Kier molecular flexibility index (Phi) is 5.87. The van der Waals surface area contributed by atoms with Crippen LogP contribution in [0.1, 0.15) is 39.5 Å². The van der Waals surface area contributed by atoms with Crippen molar-refractivity contribution in [2.24, 2.45) is 5.92 Å². The van der Waals surface area contributed by atoms with Gasteiger partial charge in [0, 0.05) is 18.7 Å². The van der Waals surface area contributed by atoms with E-state index in [2.05, 4.69) is 41.2 Å². The second-order valence-electron chi connectivity index (χ2n) is 5.71. The monoisotopic (exact) mass is 288 g/mol. The van der Waals surface area contributed by atoms with Gasteiger partial charge in [0.05, 0.1) is 0 Å². The minimum absolute atomic E-state index is 0.377. The van der Waals surface area contributed by atoms with Gasteiger partial charge in [-0.3, -0.25) is 4.98 Å². The minimum atomic E-state index is 0.377. The van der Waals surface area contributed by atoms with Gasteiger partial charge in [-0.15, -0.1) is 0 Å². The molecule has 5 nitrogen and oxygen atoms in total. The third kappa shape index (κ3) is 4.93. The molecule has 0 saturated heterocycles. The summed E-state index contributed by atoms with van der Waals surface area (Å²) >= 11 is 0. The first kappa shape index (κ1) is 15.6. The smallest absolute Gasteiger partial charge is 0.228 e. The van der Waals surface area contributed by atoms with Crippen molar-refractivity contribution in [2.45, 2.75) is 46.1 Å². The summed E-state index contributed by atoms with van der Waals surface area (Å²) in [6.07, 6.45) is 4.71. The third-order valence-corrected chi connectivity index (χ3v) is 3.22. The molecule has 114 valence electrons. The van der Waals surface area contributed by atoms with Gasteiger partial charge in [-0.2, -0.15) is 4.98 Å². The molecule has 0 aliphatic heterocycles. The Morgan fingerprint density at radius 3 is 2.81 bits per heavy atom. The summed E-state index contributed by atoms with van der Waals surface area (Å²) in [7, 11) is 0. The van der Waals surface area contributed by atoms with Crippen molar-refractivity contribution in [1.29, 1.82) is 0 Å². The van der Waals surface area contributed by atoms with Gasteiger partial charge >= 0.3 is 0 Å². The zero-order chi connectivity index (χ0) is 15.1. The molecule has 5 heteroatoms. The molecule has 0 saturated carbocycles. The van der Waals surface area contributed by atoms with E-state index >= 15 is 0 Å². The Balaban J connectivity index is 2.02. The number of nitrogens with one attached hydrogen (secondary N) is 1. The fourth-order valence-corrected chi connectivity index (χ4v) is 2.30. The van der Waals surface area contributed by atoms with Crippen LogP contribution in [-0.2, 0) is 6.42 Å². The molecule has 2 aromatic rings. The van der Waals surface area contributed by atoms with Crippen molar-refractivity contribution in [3.63, 3.8) is 0 Å². The Morgan fingerprint density at radius 1 is 1.29 bits per heavy atom. The van der Waals surface area contributed by atoms with E-state index in [4.69, 9.17) is 4.52 Å². The number of nitrogens with zero attached hydrogens (tertiary/aromatic N) is 3. The summed E-state index contributed by atoms with van der Waals surface area (Å²) in [5.74, 6) is 1.87. The van der Waals surface area contributed by atoms with Crippen molar-refractivity contribution in [3.8, 4) is 11.5 Å². The summed E-state index contributed by atoms with van der Waals surface area (Å²) < 4.78 is 5.37. The molecule has 2 rings (SSSR count). The van der Waals surface area contributed by atoms with Crippen LogP contribution in [0.5, 0.6) is 0 Å². The lowest BCUT2D eigenvalue weighted by atomic mass is 10.0. The maximum absolute atomic E-state index is 5.37. The molecule has 0 fully saturated rings. The maximum atomic E-state index is 5.37. The second kappa shape index (κ2) is 7.88. The van der Waals surface area contributed by atoms with Crippen molar-refractivity contribution in [3.05, 3.63) is 30.3 Å². The van der Waals surface area contributed by atoms with Crippen LogP contribution >= 0.6 is 0 Å². The summed E-state index contributed by atoms with van der Waals surface area (Å²) in [6.45, 7) is 7.64. The lowest BCUT2D eigenvalue weighted by Crippen LogP contribution is -2.33. The van der Waals surface area contributed by atoms with Crippen molar-refractivity contribution in [1.82, 2.24) is 20.4 Å². The van der Waals surface area contributed by atoms with E-state index in [1.54, 1.807) is 6.20 Å². The zero-order valence-electron chi connectivity index (χ0n) is 13.0. The Morgan fingerprint density at radius 2 is 2.14 bits per heavy atom. The van der Waals surface area contributed by atoms with Crippen LogP contribution in [-0.4, -0.2) is 27.7 Å². The number of aromatic nitrogens is 3. The molecular formula is C16H24N4O. The first-order valence-corrected chi connectivity index (χ1v) is 7.66. The van der Waals surface area contributed by atoms with E-state index in [0.717, 1.165) is 31.5 Å². The van der Waals surface area contributed by atoms with E-state index in [0.29, 0.717) is 23.7 Å². The molecule has 0 aliphatic rings. The first-order chi connectivity index (χ1) is 10.2. The molecule has 0 aromatic carbocycles. The van der Waals surface area contributed by atoms with Crippen molar-refractivity contribution >= 4 is 0 Å². The molecule has 2 heterocycles. The van der Waals surface area contributed by atoms with Crippen LogP contribution in [0, 0.1) is 5.92 Å². The first-order valence-electron chi connectivity index (χ1n) is 7.66. The van der Waals surface area contributed by atoms with Gasteiger partial charge in [0.2, 0.25) is 11.7 Å². The average molecular weight is 288 g/mol. The van der Waals surface area contributed by atoms with Gasteiger partial charge in [-0.05, 0) is 37.4 Å². The van der Waals surface area contributed by atoms with Crippen molar-refractivity contribution < 1.29 is 4.52 Å². The predicted molar refractivity (Wildman–Crippen MR) is 82.8 cm³/mol. The zero-order valence-corrected chi connectivity index (χ0v) is 13.0. The van der Waals surface area contributed by atoms with Gasteiger partial charge in [-0.25, -0.2) is 0 Å². The quantitative estimate of drug-likeness (QED) is 0.808. The summed E-state index contributed by atoms with van der Waals surface area (Å²) in [5, 5.41) is 7.58. The fourth-order valence-electron chi connectivity index (χ4n) is 2.30. The second-order valence-corrected chi connectivity index (χ2v) is 5.71. The molecule has 0 spiro atoms. The highest BCUT2D eigenvalue weighted by Crippen LogP contribution is 2.15. The van der Waals surface area contributed by atoms with E-state index in [1.807, 2.05) is 18.2 Å². The van der Waals surface area contributed by atoms with Gasteiger partial charge in [-0.1, -0.05) is 32.0 Å². The number of rotatable bonds is 8. The molecule has 0 bridgehead atoms. The summed E-state index contributed by atoms with van der Waals surface area (Å²) in [5.41, 5.74) is 0.745. The van der Waals surface area contributed by atoms with Gasteiger partial charge in [0.25, 0.3) is 0 Å². The number of hydrogen-bond donors (Lipinski definition) is 1. The molecule has 0 aliphatic carbocycles. The van der Waals surface area contributed by atoms with Crippen LogP contribution < -0.4 is 5.32 Å². The molecule has 1 unspecified atom stereocenters. The van der Waals surface area contributed by atoms with Gasteiger partial charge in [0.1, 0.15) is 5.69 Å². The Hall–Kier alpha value is -1.75. The maximum Gasteiger partial charge on any atom is 0.228 e.